The largest absolute Gasteiger partial charge is 0.496 e. The molecule has 10 heteroatoms. The summed E-state index contributed by atoms with van der Waals surface area (Å²) >= 11 is 6.39. The Morgan fingerprint density at radius 1 is 1.29 bits per heavy atom. The van der Waals surface area contributed by atoms with Crippen molar-refractivity contribution in [2.45, 2.75) is 31.7 Å². The van der Waals surface area contributed by atoms with E-state index in [2.05, 4.69) is 5.32 Å². The number of aliphatic hydroxyl groups excluding tert-OH is 1. The first-order valence-electron chi connectivity index (χ1n) is 10.8. The number of halogens is 1. The SMILES string of the molecule is COc1cc(OC)c2c(c1Cl)O[C@@]1(C(=O)C=C(NC[C@@H](O)COCc3ccco3)C[C@H]1C)C2=O. The van der Waals surface area contributed by atoms with Crippen LogP contribution in [0.1, 0.15) is 29.5 Å². The fourth-order valence-electron chi connectivity index (χ4n) is 4.25. The zero-order valence-electron chi connectivity index (χ0n) is 19.1. The third-order valence-electron chi connectivity index (χ3n) is 6.01. The molecule has 0 radical (unpaired) electrons. The van der Waals surface area contributed by atoms with Gasteiger partial charge in [0.1, 0.15) is 34.5 Å². The van der Waals surface area contributed by atoms with Gasteiger partial charge in [0, 0.05) is 30.3 Å². The Bertz CT molecular complexity index is 1110. The Balaban J connectivity index is 1.45. The molecule has 1 aliphatic heterocycles. The second-order valence-electron chi connectivity index (χ2n) is 8.23. The first-order valence-corrected chi connectivity index (χ1v) is 11.1. The van der Waals surface area contributed by atoms with Crippen LogP contribution in [-0.2, 0) is 16.1 Å². The van der Waals surface area contributed by atoms with Gasteiger partial charge in [-0.3, -0.25) is 9.59 Å². The van der Waals surface area contributed by atoms with Crippen molar-refractivity contribution in [3.05, 3.63) is 52.6 Å². The number of carbonyl (C=O) groups excluding carboxylic acids is 2. The second kappa shape index (κ2) is 9.69. The van der Waals surface area contributed by atoms with Crippen molar-refractivity contribution in [1.29, 1.82) is 0 Å². The van der Waals surface area contributed by atoms with Gasteiger partial charge in [-0.1, -0.05) is 18.5 Å². The van der Waals surface area contributed by atoms with Crippen molar-refractivity contribution in [2.24, 2.45) is 5.92 Å². The average molecular weight is 492 g/mol. The number of nitrogens with one attached hydrogen (secondary N) is 1. The van der Waals surface area contributed by atoms with Crippen LogP contribution in [-0.4, -0.2) is 55.7 Å². The molecule has 9 nitrogen and oxygen atoms in total. The van der Waals surface area contributed by atoms with Crippen LogP contribution in [0.3, 0.4) is 0 Å². The highest BCUT2D eigenvalue weighted by Crippen LogP contribution is 2.52. The van der Waals surface area contributed by atoms with Gasteiger partial charge in [-0.2, -0.15) is 0 Å². The molecule has 34 heavy (non-hydrogen) atoms. The van der Waals surface area contributed by atoms with Crippen LogP contribution < -0.4 is 19.5 Å². The third-order valence-corrected chi connectivity index (χ3v) is 6.37. The summed E-state index contributed by atoms with van der Waals surface area (Å²) < 4.78 is 27.2. The highest BCUT2D eigenvalue weighted by Gasteiger charge is 2.60. The standard InChI is InChI=1S/C24H26ClNO8/c1-13-7-14(26-10-15(27)11-32-12-16-5-4-6-33-16)8-19(28)24(13)23(29)20-17(30-2)9-18(31-3)21(25)22(20)34-24/h4-6,8-9,13,15,26-27H,7,10-12H2,1-3H3/t13-,15-,24+/m1/s1. The summed E-state index contributed by atoms with van der Waals surface area (Å²) in [6.07, 6.45) is 2.44. The number of allylic oxidation sites excluding steroid dienone is 1. The summed E-state index contributed by atoms with van der Waals surface area (Å²) in [5.74, 6) is -0.262. The van der Waals surface area contributed by atoms with E-state index in [4.69, 9.17) is 35.0 Å². The normalized spacial score (nSPS) is 22.3. The molecule has 1 spiro atoms. The van der Waals surface area contributed by atoms with Crippen LogP contribution in [0.25, 0.3) is 0 Å². The minimum atomic E-state index is -1.73. The van der Waals surface area contributed by atoms with E-state index in [-0.39, 0.29) is 47.6 Å². The molecule has 0 bridgehead atoms. The zero-order valence-corrected chi connectivity index (χ0v) is 19.8. The molecule has 0 saturated carbocycles. The van der Waals surface area contributed by atoms with E-state index in [0.29, 0.717) is 17.9 Å². The molecule has 1 aliphatic carbocycles. The maximum atomic E-state index is 13.5. The molecule has 2 aromatic rings. The van der Waals surface area contributed by atoms with Gasteiger partial charge >= 0.3 is 0 Å². The molecule has 182 valence electrons. The molecule has 0 saturated heterocycles. The number of ether oxygens (including phenoxy) is 4. The first kappa shape index (κ1) is 24.1. The Morgan fingerprint density at radius 3 is 2.71 bits per heavy atom. The van der Waals surface area contributed by atoms with Crippen molar-refractivity contribution >= 4 is 23.2 Å². The van der Waals surface area contributed by atoms with Gasteiger partial charge in [0.2, 0.25) is 17.2 Å². The van der Waals surface area contributed by atoms with Gasteiger partial charge < -0.3 is 33.8 Å². The van der Waals surface area contributed by atoms with E-state index in [0.717, 1.165) is 0 Å². The number of rotatable bonds is 9. The van der Waals surface area contributed by atoms with E-state index in [1.807, 2.05) is 0 Å². The lowest BCUT2D eigenvalue weighted by Crippen LogP contribution is -2.55. The molecular weight excluding hydrogens is 466 g/mol. The molecule has 1 aromatic heterocycles. The maximum absolute atomic E-state index is 13.5. The Hall–Kier alpha value is -3.01. The summed E-state index contributed by atoms with van der Waals surface area (Å²) in [5.41, 5.74) is -1.01. The van der Waals surface area contributed by atoms with Crippen molar-refractivity contribution in [3.8, 4) is 17.2 Å². The van der Waals surface area contributed by atoms with Crippen molar-refractivity contribution in [1.82, 2.24) is 5.32 Å². The molecule has 0 amide bonds. The number of fused-ring (bicyclic) bond motifs is 1. The Morgan fingerprint density at radius 2 is 2.06 bits per heavy atom. The number of ketones is 2. The fourth-order valence-corrected chi connectivity index (χ4v) is 4.52. The molecule has 0 fully saturated rings. The maximum Gasteiger partial charge on any atom is 0.236 e. The lowest BCUT2D eigenvalue weighted by atomic mass is 9.74. The highest BCUT2D eigenvalue weighted by atomic mass is 35.5. The van der Waals surface area contributed by atoms with E-state index in [1.165, 1.54) is 26.4 Å². The number of hydrogen-bond donors (Lipinski definition) is 2. The zero-order chi connectivity index (χ0) is 24.5. The molecule has 2 heterocycles. The van der Waals surface area contributed by atoms with E-state index >= 15 is 0 Å². The predicted octanol–water partition coefficient (Wildman–Crippen LogP) is 2.92. The summed E-state index contributed by atoms with van der Waals surface area (Å²) in [6.45, 7) is 2.27. The lowest BCUT2D eigenvalue weighted by molar-refractivity contribution is -0.129. The van der Waals surface area contributed by atoms with Gasteiger partial charge in [-0.15, -0.1) is 0 Å². The summed E-state index contributed by atoms with van der Waals surface area (Å²) in [6, 6.07) is 5.04. The van der Waals surface area contributed by atoms with Gasteiger partial charge in [0.25, 0.3) is 0 Å². The van der Waals surface area contributed by atoms with Crippen LogP contribution in [0.2, 0.25) is 5.02 Å². The van der Waals surface area contributed by atoms with Crippen LogP contribution in [0.4, 0.5) is 0 Å². The molecule has 1 aromatic carbocycles. The predicted molar refractivity (Wildman–Crippen MR) is 121 cm³/mol. The van der Waals surface area contributed by atoms with Gasteiger partial charge in [0.15, 0.2) is 5.75 Å². The van der Waals surface area contributed by atoms with Crippen LogP contribution in [0.5, 0.6) is 17.2 Å². The number of hydrogen-bond acceptors (Lipinski definition) is 9. The van der Waals surface area contributed by atoms with Crippen molar-refractivity contribution in [3.63, 3.8) is 0 Å². The number of carbonyl (C=O) groups is 2. The third kappa shape index (κ3) is 4.15. The van der Waals surface area contributed by atoms with Crippen LogP contribution in [0, 0.1) is 5.92 Å². The minimum absolute atomic E-state index is 0.0806. The van der Waals surface area contributed by atoms with Crippen LogP contribution >= 0.6 is 11.6 Å². The molecule has 4 rings (SSSR count). The monoisotopic (exact) mass is 491 g/mol. The Kier molecular flexibility index (Phi) is 6.88. The van der Waals surface area contributed by atoms with E-state index in [1.54, 1.807) is 25.3 Å². The number of methoxy groups -OCH3 is 2. The number of furan rings is 1. The van der Waals surface area contributed by atoms with E-state index in [9.17, 15) is 14.7 Å². The number of benzene rings is 1. The van der Waals surface area contributed by atoms with Crippen molar-refractivity contribution in [2.75, 3.05) is 27.4 Å². The topological polar surface area (TPSA) is 116 Å². The summed E-state index contributed by atoms with van der Waals surface area (Å²) in [4.78, 5) is 26.7. The summed E-state index contributed by atoms with van der Waals surface area (Å²) in [5, 5.41) is 13.4. The first-order chi connectivity index (χ1) is 16.3. The molecule has 3 atom stereocenters. The molecular formula is C24H26ClNO8. The second-order valence-corrected chi connectivity index (χ2v) is 8.61. The summed E-state index contributed by atoms with van der Waals surface area (Å²) in [7, 11) is 2.85. The lowest BCUT2D eigenvalue weighted by Gasteiger charge is -2.35. The highest BCUT2D eigenvalue weighted by molar-refractivity contribution is 6.36. The van der Waals surface area contributed by atoms with Crippen molar-refractivity contribution < 1.29 is 38.1 Å². The molecule has 2 N–H and O–H groups in total. The smallest absolute Gasteiger partial charge is 0.236 e. The number of Topliss-reactive ketones (excluding diaryl/α,β-unsaturated/α-hetero) is 1. The minimum Gasteiger partial charge on any atom is -0.496 e. The molecule has 2 aliphatic rings. The van der Waals surface area contributed by atoms with Gasteiger partial charge in [-0.05, 0) is 18.6 Å². The quantitative estimate of drug-likeness (QED) is 0.510. The average Bonchev–Trinajstić information content (AvgIpc) is 3.44. The van der Waals surface area contributed by atoms with Gasteiger partial charge in [-0.25, -0.2) is 0 Å². The van der Waals surface area contributed by atoms with Gasteiger partial charge in [0.05, 0.1) is 33.2 Å². The molecule has 0 unspecified atom stereocenters. The number of aliphatic hydroxyl groups is 1. The Labute approximate surface area is 201 Å². The van der Waals surface area contributed by atoms with E-state index < -0.39 is 29.2 Å². The fraction of sp³-hybridized carbons (Fsp3) is 0.417. The van der Waals surface area contributed by atoms with Crippen LogP contribution in [0.15, 0.2) is 40.7 Å².